The Hall–Kier alpha value is -2.66. The molecule has 1 N–H and O–H groups in total. The minimum absolute atomic E-state index is 0.00420. The van der Waals surface area contributed by atoms with E-state index in [9.17, 15) is 4.79 Å². The van der Waals surface area contributed by atoms with Gasteiger partial charge in [0.1, 0.15) is 5.69 Å². The van der Waals surface area contributed by atoms with Crippen LogP contribution in [0.5, 0.6) is 0 Å². The zero-order valence-corrected chi connectivity index (χ0v) is 15.6. The highest BCUT2D eigenvalue weighted by Crippen LogP contribution is 2.35. The van der Waals surface area contributed by atoms with E-state index < -0.39 is 0 Å². The number of nitrogens with zero attached hydrogens (tertiary/aromatic N) is 3. The normalized spacial score (nSPS) is 14.9. The number of carbonyl (C=O) groups is 1. The fraction of sp³-hybridized carbons (Fsp3) is 0.286. The molecule has 0 bridgehead atoms. The molecule has 0 saturated heterocycles. The van der Waals surface area contributed by atoms with Gasteiger partial charge in [-0.3, -0.25) is 14.5 Å². The Balaban J connectivity index is 1.46. The van der Waals surface area contributed by atoms with Crippen LogP contribution >= 0.6 is 11.6 Å². The topological polar surface area (TPSA) is 59.8 Å². The van der Waals surface area contributed by atoms with Crippen molar-refractivity contribution in [1.82, 2.24) is 20.1 Å². The van der Waals surface area contributed by atoms with Crippen molar-refractivity contribution in [3.63, 3.8) is 0 Å². The lowest BCUT2D eigenvalue weighted by atomic mass is 9.89. The summed E-state index contributed by atoms with van der Waals surface area (Å²) in [5, 5.41) is 8.45. The minimum Gasteiger partial charge on any atom is -0.349 e. The number of benzene rings is 1. The summed E-state index contributed by atoms with van der Waals surface area (Å²) in [6, 6.07) is 10.1. The summed E-state index contributed by atoms with van der Waals surface area (Å²) >= 11 is 5.96. The number of amides is 1. The van der Waals surface area contributed by atoms with E-state index in [-0.39, 0.29) is 5.91 Å². The standard InChI is InChI=1S/C21H19ClN4O/c22-15-5-1-13(2-6-15)3-7-16-11-18-14(12-24-16)4-8-17-19(18)25-26-10-9-23-21(27)20(17)26/h1-2,5-6,11-12H,3-4,7-10H2,(H,23,27). The van der Waals surface area contributed by atoms with Gasteiger partial charge in [-0.25, -0.2) is 0 Å². The Morgan fingerprint density at radius 2 is 2.00 bits per heavy atom. The third-order valence-electron chi connectivity index (χ3n) is 5.40. The van der Waals surface area contributed by atoms with Crippen LogP contribution in [0.1, 0.15) is 32.9 Å². The molecule has 1 aromatic carbocycles. The molecule has 3 aromatic rings. The van der Waals surface area contributed by atoms with Gasteiger partial charge in [-0.2, -0.15) is 5.10 Å². The molecule has 0 spiro atoms. The second-order valence-electron chi connectivity index (χ2n) is 7.11. The van der Waals surface area contributed by atoms with Crippen molar-refractivity contribution in [2.24, 2.45) is 0 Å². The number of hydrogen-bond acceptors (Lipinski definition) is 3. The number of carbonyl (C=O) groups excluding carboxylic acids is 1. The van der Waals surface area contributed by atoms with E-state index in [0.29, 0.717) is 6.54 Å². The Labute approximate surface area is 162 Å². The molecule has 0 atom stereocenters. The number of rotatable bonds is 3. The molecule has 1 amide bonds. The average Bonchev–Trinajstić information content (AvgIpc) is 3.08. The van der Waals surface area contributed by atoms with E-state index in [2.05, 4.69) is 28.5 Å². The summed E-state index contributed by atoms with van der Waals surface area (Å²) in [5.74, 6) is -0.00420. The number of aryl methyl sites for hydroxylation is 3. The maximum Gasteiger partial charge on any atom is 0.269 e. The van der Waals surface area contributed by atoms with Gasteiger partial charge in [0.25, 0.3) is 5.91 Å². The molecule has 1 aliphatic carbocycles. The Morgan fingerprint density at radius 1 is 1.15 bits per heavy atom. The highest BCUT2D eigenvalue weighted by molar-refractivity contribution is 6.30. The van der Waals surface area contributed by atoms with Crippen LogP contribution in [0.4, 0.5) is 0 Å². The predicted molar refractivity (Wildman–Crippen MR) is 104 cm³/mol. The van der Waals surface area contributed by atoms with Crippen LogP contribution in [0.15, 0.2) is 36.5 Å². The second kappa shape index (κ2) is 6.50. The highest BCUT2D eigenvalue weighted by Gasteiger charge is 2.30. The number of halogens is 1. The van der Waals surface area contributed by atoms with Crippen molar-refractivity contribution in [3.05, 3.63) is 69.6 Å². The minimum atomic E-state index is -0.00420. The number of aromatic nitrogens is 3. The Bertz CT molecular complexity index is 1040. The molecule has 136 valence electrons. The first-order valence-corrected chi connectivity index (χ1v) is 9.67. The summed E-state index contributed by atoms with van der Waals surface area (Å²) in [4.78, 5) is 16.9. The van der Waals surface area contributed by atoms with Crippen LogP contribution in [0.3, 0.4) is 0 Å². The highest BCUT2D eigenvalue weighted by atomic mass is 35.5. The molecule has 5 nitrogen and oxygen atoms in total. The number of nitrogens with one attached hydrogen (secondary N) is 1. The van der Waals surface area contributed by atoms with E-state index in [4.69, 9.17) is 16.7 Å². The largest absolute Gasteiger partial charge is 0.349 e. The molecule has 2 aromatic heterocycles. The first-order valence-electron chi connectivity index (χ1n) is 9.29. The summed E-state index contributed by atoms with van der Waals surface area (Å²) in [7, 11) is 0. The molecule has 1 aliphatic heterocycles. The third kappa shape index (κ3) is 2.92. The van der Waals surface area contributed by atoms with Gasteiger partial charge < -0.3 is 5.32 Å². The third-order valence-corrected chi connectivity index (χ3v) is 5.65. The van der Waals surface area contributed by atoms with Gasteiger partial charge in [0, 0.05) is 34.6 Å². The van der Waals surface area contributed by atoms with Crippen molar-refractivity contribution in [2.45, 2.75) is 32.2 Å². The maximum absolute atomic E-state index is 12.3. The second-order valence-corrected chi connectivity index (χ2v) is 7.55. The van der Waals surface area contributed by atoms with Gasteiger partial charge in [-0.15, -0.1) is 0 Å². The first-order chi connectivity index (χ1) is 13.2. The van der Waals surface area contributed by atoms with Crippen LogP contribution in [0, 0.1) is 0 Å². The lowest BCUT2D eigenvalue weighted by molar-refractivity contribution is 0.0923. The lowest BCUT2D eigenvalue weighted by Crippen LogP contribution is -2.36. The molecule has 0 unspecified atom stereocenters. The number of fused-ring (bicyclic) bond motifs is 5. The van der Waals surface area contributed by atoms with Gasteiger partial charge in [-0.1, -0.05) is 23.7 Å². The number of hydrogen-bond donors (Lipinski definition) is 1. The SMILES string of the molecule is O=C1NCCn2nc3c(c21)CCc1cnc(CCc2ccc(Cl)cc2)cc1-3. The van der Waals surface area contributed by atoms with Crippen molar-refractivity contribution in [3.8, 4) is 11.3 Å². The molecule has 0 saturated carbocycles. The predicted octanol–water partition coefficient (Wildman–Crippen LogP) is 3.23. The van der Waals surface area contributed by atoms with E-state index in [0.717, 1.165) is 65.5 Å². The average molecular weight is 379 g/mol. The van der Waals surface area contributed by atoms with Gasteiger partial charge in [0.15, 0.2) is 0 Å². The molecule has 6 heteroatoms. The molecule has 0 fully saturated rings. The van der Waals surface area contributed by atoms with Crippen LogP contribution in [-0.4, -0.2) is 27.2 Å². The van der Waals surface area contributed by atoms with Crippen LogP contribution < -0.4 is 5.32 Å². The molecular formula is C21H19ClN4O. The quantitative estimate of drug-likeness (QED) is 0.761. The number of pyridine rings is 1. The van der Waals surface area contributed by atoms with Gasteiger partial charge in [0.05, 0.1) is 12.2 Å². The zero-order chi connectivity index (χ0) is 18.4. The molecule has 2 aliphatic rings. The van der Waals surface area contributed by atoms with E-state index in [1.807, 2.05) is 23.0 Å². The van der Waals surface area contributed by atoms with E-state index >= 15 is 0 Å². The van der Waals surface area contributed by atoms with E-state index in [1.54, 1.807) is 0 Å². The molecule has 3 heterocycles. The molecular weight excluding hydrogens is 360 g/mol. The Kier molecular flexibility index (Phi) is 3.97. The van der Waals surface area contributed by atoms with E-state index in [1.165, 1.54) is 11.1 Å². The van der Waals surface area contributed by atoms with Crippen molar-refractivity contribution >= 4 is 17.5 Å². The fourth-order valence-electron chi connectivity index (χ4n) is 3.99. The summed E-state index contributed by atoms with van der Waals surface area (Å²) in [5.41, 5.74) is 7.41. The van der Waals surface area contributed by atoms with Crippen molar-refractivity contribution in [1.29, 1.82) is 0 Å². The molecule has 5 rings (SSSR count). The molecule has 27 heavy (non-hydrogen) atoms. The van der Waals surface area contributed by atoms with Crippen molar-refractivity contribution in [2.75, 3.05) is 6.54 Å². The lowest BCUT2D eigenvalue weighted by Gasteiger charge is -2.18. The van der Waals surface area contributed by atoms with Crippen LogP contribution in [0.2, 0.25) is 5.02 Å². The summed E-state index contributed by atoms with van der Waals surface area (Å²) < 4.78 is 1.87. The summed E-state index contributed by atoms with van der Waals surface area (Å²) in [6.45, 7) is 1.37. The summed E-state index contributed by atoms with van der Waals surface area (Å²) in [6.07, 6.45) is 5.50. The fourth-order valence-corrected chi connectivity index (χ4v) is 4.12. The smallest absolute Gasteiger partial charge is 0.269 e. The van der Waals surface area contributed by atoms with Gasteiger partial charge in [0.2, 0.25) is 0 Å². The molecule has 0 radical (unpaired) electrons. The maximum atomic E-state index is 12.3. The first kappa shape index (κ1) is 16.5. The Morgan fingerprint density at radius 3 is 2.85 bits per heavy atom. The van der Waals surface area contributed by atoms with Crippen LogP contribution in [-0.2, 0) is 32.2 Å². The monoisotopic (exact) mass is 378 g/mol. The van der Waals surface area contributed by atoms with Crippen molar-refractivity contribution < 1.29 is 4.79 Å². The van der Waals surface area contributed by atoms with Crippen LogP contribution in [0.25, 0.3) is 11.3 Å². The van der Waals surface area contributed by atoms with Gasteiger partial charge >= 0.3 is 0 Å². The zero-order valence-electron chi connectivity index (χ0n) is 14.8. The van der Waals surface area contributed by atoms with Gasteiger partial charge in [-0.05, 0) is 55.0 Å².